The molecule has 3 heteroatoms. The molecule has 0 atom stereocenters. The van der Waals surface area contributed by atoms with Crippen molar-refractivity contribution in [1.82, 2.24) is 0 Å². The molecule has 0 amide bonds. The van der Waals surface area contributed by atoms with Crippen LogP contribution < -0.4 is 5.73 Å². The van der Waals surface area contributed by atoms with Crippen LogP contribution in [0.4, 0.5) is 8.78 Å². The first-order valence-electron chi connectivity index (χ1n) is 6.18. The molecule has 1 fully saturated rings. The summed E-state index contributed by atoms with van der Waals surface area (Å²) in [4.78, 5) is 0. The van der Waals surface area contributed by atoms with Crippen LogP contribution in [0.15, 0.2) is 18.2 Å². The van der Waals surface area contributed by atoms with E-state index in [1.165, 1.54) is 0 Å². The number of aryl methyl sites for hydroxylation is 1. The van der Waals surface area contributed by atoms with Gasteiger partial charge in [0.05, 0.1) is 0 Å². The number of halogens is 2. The molecule has 0 bridgehead atoms. The van der Waals surface area contributed by atoms with Crippen LogP contribution in [-0.4, -0.2) is 6.54 Å². The number of benzene rings is 1. The zero-order valence-corrected chi connectivity index (χ0v) is 10.2. The van der Waals surface area contributed by atoms with Crippen molar-refractivity contribution in [2.45, 2.75) is 44.4 Å². The van der Waals surface area contributed by atoms with Gasteiger partial charge in [0.15, 0.2) is 0 Å². The maximum absolute atomic E-state index is 13.1. The molecule has 17 heavy (non-hydrogen) atoms. The molecule has 1 saturated carbocycles. The molecule has 0 saturated heterocycles. The molecule has 0 radical (unpaired) electrons. The van der Waals surface area contributed by atoms with E-state index < -0.39 is 6.43 Å². The minimum absolute atomic E-state index is 0.169. The van der Waals surface area contributed by atoms with Crippen LogP contribution in [0, 0.1) is 6.92 Å². The molecule has 1 aromatic rings. The fourth-order valence-electron chi connectivity index (χ4n) is 2.95. The molecule has 2 N–H and O–H groups in total. The molecule has 94 valence electrons. The fraction of sp³-hybridized carbons (Fsp3) is 0.571. The number of alkyl halides is 2. The third kappa shape index (κ3) is 2.21. The van der Waals surface area contributed by atoms with Crippen molar-refractivity contribution < 1.29 is 8.78 Å². The molecule has 1 nitrogen and oxygen atoms in total. The van der Waals surface area contributed by atoms with Gasteiger partial charge >= 0.3 is 0 Å². The number of nitrogens with two attached hydrogens (primary N) is 1. The van der Waals surface area contributed by atoms with Gasteiger partial charge in [0.25, 0.3) is 6.43 Å². The Hall–Kier alpha value is -0.960. The smallest absolute Gasteiger partial charge is 0.264 e. The van der Waals surface area contributed by atoms with Gasteiger partial charge in [-0.1, -0.05) is 36.6 Å². The fourth-order valence-corrected chi connectivity index (χ4v) is 2.95. The molecule has 1 aromatic carbocycles. The largest absolute Gasteiger partial charge is 0.330 e. The van der Waals surface area contributed by atoms with Crippen LogP contribution in [0.3, 0.4) is 0 Å². The number of hydrogen-bond donors (Lipinski definition) is 1. The van der Waals surface area contributed by atoms with Crippen molar-refractivity contribution in [3.8, 4) is 0 Å². The maximum atomic E-state index is 13.1. The van der Waals surface area contributed by atoms with Crippen LogP contribution in [-0.2, 0) is 5.41 Å². The van der Waals surface area contributed by atoms with E-state index in [-0.39, 0.29) is 11.0 Å². The third-order valence-electron chi connectivity index (χ3n) is 3.97. The summed E-state index contributed by atoms with van der Waals surface area (Å²) in [7, 11) is 0. The van der Waals surface area contributed by atoms with Gasteiger partial charge in [-0.05, 0) is 25.3 Å². The van der Waals surface area contributed by atoms with E-state index in [0.29, 0.717) is 6.54 Å². The minimum Gasteiger partial charge on any atom is -0.330 e. The molecule has 0 aliphatic heterocycles. The van der Waals surface area contributed by atoms with E-state index in [0.717, 1.165) is 36.8 Å². The first-order valence-corrected chi connectivity index (χ1v) is 6.18. The summed E-state index contributed by atoms with van der Waals surface area (Å²) in [6.07, 6.45) is 1.65. The Labute approximate surface area is 101 Å². The predicted octanol–water partition coefficient (Wildman–Crippen LogP) is 3.70. The van der Waals surface area contributed by atoms with Gasteiger partial charge < -0.3 is 5.73 Å². The van der Waals surface area contributed by atoms with Crippen molar-refractivity contribution in [1.29, 1.82) is 0 Å². The molecule has 0 unspecified atom stereocenters. The monoisotopic (exact) mass is 239 g/mol. The lowest BCUT2D eigenvalue weighted by Gasteiger charge is -2.30. The zero-order valence-electron chi connectivity index (χ0n) is 10.2. The Morgan fingerprint density at radius 1 is 1.29 bits per heavy atom. The van der Waals surface area contributed by atoms with Crippen LogP contribution in [0.1, 0.15) is 48.8 Å². The van der Waals surface area contributed by atoms with Crippen molar-refractivity contribution in [2.24, 2.45) is 5.73 Å². The van der Waals surface area contributed by atoms with Crippen molar-refractivity contribution in [3.05, 3.63) is 34.9 Å². The van der Waals surface area contributed by atoms with E-state index >= 15 is 0 Å². The lowest BCUT2D eigenvalue weighted by Crippen LogP contribution is -2.33. The Morgan fingerprint density at radius 2 is 1.94 bits per heavy atom. The van der Waals surface area contributed by atoms with E-state index in [2.05, 4.69) is 0 Å². The van der Waals surface area contributed by atoms with Gasteiger partial charge in [-0.25, -0.2) is 8.78 Å². The Bertz CT molecular complexity index is 395. The summed E-state index contributed by atoms with van der Waals surface area (Å²) in [5.74, 6) is 0. The standard InChI is InChI=1S/C14H19F2N/c1-10-4-5-11(13(15)16)12(8-10)14(9-17)6-2-3-7-14/h4-5,8,13H,2-3,6-7,9,17H2,1H3. The zero-order chi connectivity index (χ0) is 12.5. The second-order valence-corrected chi connectivity index (χ2v) is 5.08. The second-order valence-electron chi connectivity index (χ2n) is 5.08. The van der Waals surface area contributed by atoms with Crippen molar-refractivity contribution >= 4 is 0 Å². The number of rotatable bonds is 3. The van der Waals surface area contributed by atoms with Crippen LogP contribution in [0.5, 0.6) is 0 Å². The molecular formula is C14H19F2N. The third-order valence-corrected chi connectivity index (χ3v) is 3.97. The molecule has 0 aromatic heterocycles. The molecule has 0 heterocycles. The highest BCUT2D eigenvalue weighted by atomic mass is 19.3. The highest BCUT2D eigenvalue weighted by molar-refractivity contribution is 5.39. The van der Waals surface area contributed by atoms with E-state index in [1.807, 2.05) is 13.0 Å². The van der Waals surface area contributed by atoms with Crippen molar-refractivity contribution in [3.63, 3.8) is 0 Å². The van der Waals surface area contributed by atoms with Crippen LogP contribution in [0.25, 0.3) is 0 Å². The predicted molar refractivity (Wildman–Crippen MR) is 65.3 cm³/mol. The topological polar surface area (TPSA) is 26.0 Å². The van der Waals surface area contributed by atoms with E-state index in [9.17, 15) is 8.78 Å². The highest BCUT2D eigenvalue weighted by Crippen LogP contribution is 2.43. The van der Waals surface area contributed by atoms with Crippen LogP contribution >= 0.6 is 0 Å². The second kappa shape index (κ2) is 4.73. The summed E-state index contributed by atoms with van der Waals surface area (Å²) in [6, 6.07) is 5.22. The molecule has 1 aliphatic rings. The molecule has 1 aliphatic carbocycles. The Kier molecular flexibility index (Phi) is 3.48. The Balaban J connectivity index is 2.51. The van der Waals surface area contributed by atoms with Gasteiger partial charge in [-0.3, -0.25) is 0 Å². The molecule has 2 rings (SSSR count). The maximum Gasteiger partial charge on any atom is 0.264 e. The molecular weight excluding hydrogens is 220 g/mol. The lowest BCUT2D eigenvalue weighted by molar-refractivity contribution is 0.148. The van der Waals surface area contributed by atoms with Crippen molar-refractivity contribution in [2.75, 3.05) is 6.54 Å². The minimum atomic E-state index is -2.41. The first kappa shape index (κ1) is 12.5. The average molecular weight is 239 g/mol. The van der Waals surface area contributed by atoms with E-state index in [4.69, 9.17) is 5.73 Å². The Morgan fingerprint density at radius 3 is 2.47 bits per heavy atom. The average Bonchev–Trinajstić information content (AvgIpc) is 2.78. The highest BCUT2D eigenvalue weighted by Gasteiger charge is 2.37. The van der Waals surface area contributed by atoms with Crippen LogP contribution in [0.2, 0.25) is 0 Å². The first-order chi connectivity index (χ1) is 8.09. The van der Waals surface area contributed by atoms with Gasteiger partial charge in [-0.15, -0.1) is 0 Å². The van der Waals surface area contributed by atoms with Gasteiger partial charge in [-0.2, -0.15) is 0 Å². The summed E-state index contributed by atoms with van der Waals surface area (Å²) in [5.41, 5.74) is 7.65. The van der Waals surface area contributed by atoms with Gasteiger partial charge in [0.2, 0.25) is 0 Å². The van der Waals surface area contributed by atoms with Gasteiger partial charge in [0.1, 0.15) is 0 Å². The summed E-state index contributed by atoms with van der Waals surface area (Å²) < 4.78 is 26.2. The lowest BCUT2D eigenvalue weighted by atomic mass is 9.76. The summed E-state index contributed by atoms with van der Waals surface area (Å²) >= 11 is 0. The summed E-state index contributed by atoms with van der Waals surface area (Å²) in [6.45, 7) is 2.41. The van der Waals surface area contributed by atoms with E-state index in [1.54, 1.807) is 12.1 Å². The van der Waals surface area contributed by atoms with Gasteiger partial charge in [0, 0.05) is 17.5 Å². The molecule has 0 spiro atoms. The normalized spacial score (nSPS) is 18.9. The summed E-state index contributed by atoms with van der Waals surface area (Å²) in [5, 5.41) is 0. The SMILES string of the molecule is Cc1ccc(C(F)F)c(C2(CN)CCCC2)c1. The quantitative estimate of drug-likeness (QED) is 0.855. The number of hydrogen-bond acceptors (Lipinski definition) is 1.